The maximum atomic E-state index is 12.6. The van der Waals surface area contributed by atoms with Gasteiger partial charge in [0.2, 0.25) is 11.9 Å². The summed E-state index contributed by atoms with van der Waals surface area (Å²) in [5.74, 6) is 2.40. The summed E-state index contributed by atoms with van der Waals surface area (Å²) < 4.78 is 17.9. The normalized spacial score (nSPS) is 14.3. The van der Waals surface area contributed by atoms with E-state index in [2.05, 4.69) is 56.5 Å². The molecule has 0 atom stereocenters. The number of ether oxygens (including phenoxy) is 1. The summed E-state index contributed by atoms with van der Waals surface area (Å²) in [6.07, 6.45) is 7.32. The van der Waals surface area contributed by atoms with Gasteiger partial charge in [-0.15, -0.1) is 0 Å². The molecule has 6 aromatic heterocycles. The number of anilines is 6. The van der Waals surface area contributed by atoms with Crippen LogP contribution in [-0.2, 0) is 4.74 Å². The molecule has 2 fully saturated rings. The van der Waals surface area contributed by atoms with Gasteiger partial charge in [0.1, 0.15) is 16.6 Å². The first-order valence-electron chi connectivity index (χ1n) is 18.3. The Balaban J connectivity index is 0.000000149. The minimum absolute atomic E-state index is 0.429. The molecule has 2 aliphatic carbocycles. The number of aromatic nitrogens is 8. The molecular formula is C39H40N12O4. The average molecular weight is 741 g/mol. The highest BCUT2D eigenvalue weighted by Gasteiger charge is 2.26. The molecule has 8 aromatic rings. The van der Waals surface area contributed by atoms with Gasteiger partial charge in [-0.1, -0.05) is 0 Å². The zero-order valence-electron chi connectivity index (χ0n) is 31.0. The summed E-state index contributed by atoms with van der Waals surface area (Å²) in [7, 11) is 0. The van der Waals surface area contributed by atoms with E-state index in [4.69, 9.17) is 13.6 Å². The van der Waals surface area contributed by atoms with Gasteiger partial charge in [0.05, 0.1) is 29.3 Å². The number of carbonyl (C=O) groups is 1. The molecule has 16 nitrogen and oxygen atoms in total. The zero-order chi connectivity index (χ0) is 37.8. The number of hydrogen-bond donors (Lipinski definition) is 5. The molecule has 2 aliphatic rings. The second-order valence-electron chi connectivity index (χ2n) is 14.9. The predicted molar refractivity (Wildman–Crippen MR) is 210 cm³/mol. The van der Waals surface area contributed by atoms with Crippen LogP contribution in [0.25, 0.3) is 44.0 Å². The lowest BCUT2D eigenvalue weighted by Crippen LogP contribution is -2.27. The Morgan fingerprint density at radius 2 is 1.33 bits per heavy atom. The van der Waals surface area contributed by atoms with Crippen LogP contribution in [-0.4, -0.2) is 63.7 Å². The van der Waals surface area contributed by atoms with Crippen molar-refractivity contribution in [1.82, 2.24) is 39.9 Å². The average Bonchev–Trinajstić information content (AvgIpc) is 3.93. The first-order chi connectivity index (χ1) is 26.5. The molecule has 55 heavy (non-hydrogen) atoms. The number of aryl methyl sites for hydroxylation is 2. The first-order valence-corrected chi connectivity index (χ1v) is 18.3. The highest BCUT2D eigenvalue weighted by atomic mass is 16.6. The molecule has 0 aliphatic heterocycles. The molecule has 0 spiro atoms. The number of nitrogens with zero attached hydrogens (tertiary/aromatic N) is 7. The van der Waals surface area contributed by atoms with E-state index in [9.17, 15) is 4.79 Å². The third kappa shape index (κ3) is 7.30. The van der Waals surface area contributed by atoms with Crippen LogP contribution in [0.4, 0.5) is 39.7 Å². The number of nitrogens with one attached hydrogen (secondary N) is 5. The van der Waals surface area contributed by atoms with E-state index >= 15 is 0 Å². The fraction of sp³-hybridized carbons (Fsp3) is 0.308. The maximum absolute atomic E-state index is 12.6. The summed E-state index contributed by atoms with van der Waals surface area (Å²) in [6.45, 7) is 9.35. The smallest absolute Gasteiger partial charge is 0.435 e. The molecule has 2 saturated carbocycles. The minimum atomic E-state index is -0.613. The Labute approximate surface area is 314 Å². The van der Waals surface area contributed by atoms with Gasteiger partial charge in [-0.05, 0) is 96.7 Å². The third-order valence-corrected chi connectivity index (χ3v) is 9.13. The van der Waals surface area contributed by atoms with E-state index in [0.29, 0.717) is 46.5 Å². The second-order valence-corrected chi connectivity index (χ2v) is 14.9. The number of benzene rings is 2. The summed E-state index contributed by atoms with van der Waals surface area (Å²) in [4.78, 5) is 30.9. The van der Waals surface area contributed by atoms with Gasteiger partial charge in [0.15, 0.2) is 22.8 Å². The molecule has 280 valence electrons. The third-order valence-electron chi connectivity index (χ3n) is 9.13. The SMILES string of the molecule is Cc1[nH]nc2cc(Nc3nc(NC4CC4)c4occc4n3)ccc12.Cc1nn(C(=O)OC(C)(C)C)c2cc(Nc3nc(NC4CC4)c4occc4n3)ccc12. The Bertz CT molecular complexity index is 2710. The van der Waals surface area contributed by atoms with Crippen molar-refractivity contribution in [2.75, 3.05) is 21.3 Å². The maximum Gasteiger partial charge on any atom is 0.435 e. The van der Waals surface area contributed by atoms with E-state index in [1.807, 2.05) is 83.1 Å². The van der Waals surface area contributed by atoms with E-state index < -0.39 is 11.7 Å². The highest BCUT2D eigenvalue weighted by Crippen LogP contribution is 2.32. The van der Waals surface area contributed by atoms with Crippen molar-refractivity contribution in [2.24, 2.45) is 0 Å². The van der Waals surface area contributed by atoms with Crippen molar-refractivity contribution >= 4 is 85.0 Å². The number of fused-ring (bicyclic) bond motifs is 4. The highest BCUT2D eigenvalue weighted by molar-refractivity contribution is 5.93. The molecule has 0 amide bonds. The van der Waals surface area contributed by atoms with Crippen LogP contribution < -0.4 is 21.3 Å². The molecule has 10 rings (SSSR count). The number of aromatic amines is 1. The van der Waals surface area contributed by atoms with Crippen molar-refractivity contribution in [3.05, 3.63) is 72.4 Å². The molecule has 16 heteroatoms. The fourth-order valence-electron chi connectivity index (χ4n) is 6.15. The van der Waals surface area contributed by atoms with Crippen LogP contribution >= 0.6 is 0 Å². The van der Waals surface area contributed by atoms with Crippen LogP contribution in [0.5, 0.6) is 0 Å². The largest absolute Gasteiger partial charge is 0.459 e. The van der Waals surface area contributed by atoms with Crippen LogP contribution in [0.2, 0.25) is 0 Å². The summed E-state index contributed by atoms with van der Waals surface area (Å²) in [6, 6.07) is 16.3. The van der Waals surface area contributed by atoms with Gasteiger partial charge in [0, 0.05) is 52.1 Å². The van der Waals surface area contributed by atoms with Crippen molar-refractivity contribution in [3.63, 3.8) is 0 Å². The lowest BCUT2D eigenvalue weighted by Gasteiger charge is -2.19. The summed E-state index contributed by atoms with van der Waals surface area (Å²) >= 11 is 0. The minimum Gasteiger partial charge on any atom is -0.459 e. The Morgan fingerprint density at radius 3 is 1.89 bits per heavy atom. The number of hydrogen-bond acceptors (Lipinski definition) is 14. The lowest BCUT2D eigenvalue weighted by atomic mass is 10.2. The fourth-order valence-corrected chi connectivity index (χ4v) is 6.15. The van der Waals surface area contributed by atoms with Gasteiger partial charge in [-0.3, -0.25) is 5.10 Å². The predicted octanol–water partition coefficient (Wildman–Crippen LogP) is 8.71. The monoisotopic (exact) mass is 740 g/mol. The van der Waals surface area contributed by atoms with E-state index in [1.54, 1.807) is 12.5 Å². The van der Waals surface area contributed by atoms with Gasteiger partial charge >= 0.3 is 6.09 Å². The molecule has 2 aromatic carbocycles. The molecule has 0 radical (unpaired) electrons. The quantitative estimate of drug-likeness (QED) is 0.0991. The second kappa shape index (κ2) is 13.3. The van der Waals surface area contributed by atoms with Crippen LogP contribution in [0.3, 0.4) is 0 Å². The van der Waals surface area contributed by atoms with Gasteiger partial charge in [0.25, 0.3) is 0 Å². The Hall–Kier alpha value is -6.71. The molecule has 0 bridgehead atoms. The van der Waals surface area contributed by atoms with Crippen molar-refractivity contribution in [1.29, 1.82) is 0 Å². The molecule has 0 saturated heterocycles. The van der Waals surface area contributed by atoms with Crippen molar-refractivity contribution in [2.45, 2.75) is 78.0 Å². The first kappa shape index (κ1) is 34.1. The van der Waals surface area contributed by atoms with Crippen molar-refractivity contribution in [3.8, 4) is 0 Å². The van der Waals surface area contributed by atoms with E-state index in [0.717, 1.165) is 68.7 Å². The number of carbonyl (C=O) groups excluding carboxylic acids is 1. The molecule has 0 unspecified atom stereocenters. The van der Waals surface area contributed by atoms with Gasteiger partial charge in [-0.25, -0.2) is 14.8 Å². The van der Waals surface area contributed by atoms with Crippen molar-refractivity contribution < 1.29 is 18.4 Å². The number of furan rings is 2. The van der Waals surface area contributed by atoms with E-state index in [-0.39, 0.29) is 0 Å². The van der Waals surface area contributed by atoms with Gasteiger partial charge < -0.3 is 34.8 Å². The topological polar surface area (TPSA) is 199 Å². The number of rotatable bonds is 8. The lowest BCUT2D eigenvalue weighted by molar-refractivity contribution is 0.0522. The Kier molecular flexibility index (Phi) is 8.24. The summed E-state index contributed by atoms with van der Waals surface area (Å²) in [5, 5.41) is 26.9. The molecule has 5 N–H and O–H groups in total. The number of H-pyrrole nitrogens is 1. The Morgan fingerprint density at radius 1 is 0.764 bits per heavy atom. The van der Waals surface area contributed by atoms with Crippen LogP contribution in [0, 0.1) is 13.8 Å². The molecular weight excluding hydrogens is 701 g/mol. The van der Waals surface area contributed by atoms with E-state index in [1.165, 1.54) is 17.5 Å². The zero-order valence-corrected chi connectivity index (χ0v) is 31.0. The van der Waals surface area contributed by atoms with Gasteiger partial charge in [-0.2, -0.15) is 24.8 Å². The van der Waals surface area contributed by atoms with Crippen LogP contribution in [0.1, 0.15) is 57.8 Å². The van der Waals surface area contributed by atoms with Crippen LogP contribution in [0.15, 0.2) is 69.9 Å². The molecule has 6 heterocycles. The standard InChI is InChI=1S/C22H24N6O3.C17H16N6O/c1-12-15-8-7-14(11-17(15)28(27-12)21(29)31-22(2,3)4)24-20-25-16-9-10-30-18(16)19(26-20)23-13-5-6-13;1-9-12-5-4-11(8-14(12)23-22-9)19-17-20-13-6-7-24-15(13)16(21-17)18-10-2-3-10/h7-11,13H,5-6H2,1-4H3,(H2,23,24,25,26);4-8,10H,2-3H2,1H3,(H,22,23)(H2,18,19,20,21). The summed E-state index contributed by atoms with van der Waals surface area (Å²) in [5.41, 5.74) is 7.24.